The van der Waals surface area contributed by atoms with E-state index in [0.29, 0.717) is 53.1 Å². The molecule has 7 nitrogen and oxygen atoms in total. The molecule has 4 aromatic rings. The van der Waals surface area contributed by atoms with E-state index in [1.807, 2.05) is 37.0 Å². The highest BCUT2D eigenvalue weighted by molar-refractivity contribution is 6.35. The van der Waals surface area contributed by atoms with Crippen molar-refractivity contribution in [3.63, 3.8) is 0 Å². The summed E-state index contributed by atoms with van der Waals surface area (Å²) in [5, 5.41) is 9.52. The number of fused-ring (bicyclic) bond motifs is 1. The van der Waals surface area contributed by atoms with Crippen LogP contribution in [0.3, 0.4) is 0 Å². The first-order valence-electron chi connectivity index (χ1n) is 13.2. The van der Waals surface area contributed by atoms with Crippen molar-refractivity contribution in [2.75, 3.05) is 25.0 Å². The van der Waals surface area contributed by atoms with Gasteiger partial charge < -0.3 is 10.6 Å². The Kier molecular flexibility index (Phi) is 7.95. The number of hydrogen-bond acceptors (Lipinski definition) is 6. The highest BCUT2D eigenvalue weighted by Gasteiger charge is 2.41. The van der Waals surface area contributed by atoms with Crippen LogP contribution in [0.2, 0.25) is 10.0 Å². The average molecular weight is 581 g/mol. The molecule has 1 fully saturated rings. The van der Waals surface area contributed by atoms with E-state index in [2.05, 4.69) is 38.1 Å². The van der Waals surface area contributed by atoms with Gasteiger partial charge in [-0.1, -0.05) is 42.3 Å². The van der Waals surface area contributed by atoms with Crippen molar-refractivity contribution < 1.29 is 4.39 Å². The number of aromatic amines is 1. The number of nitrogens with one attached hydrogen (secondary N) is 1. The number of benzene rings is 1. The Balaban J connectivity index is 1.34. The molecule has 1 saturated heterocycles. The van der Waals surface area contributed by atoms with Gasteiger partial charge in [-0.2, -0.15) is 5.10 Å². The van der Waals surface area contributed by atoms with Crippen molar-refractivity contribution in [2.45, 2.75) is 45.1 Å². The fourth-order valence-electron chi connectivity index (χ4n) is 5.49. The largest absolute Gasteiger partial charge is 0.350 e. The summed E-state index contributed by atoms with van der Waals surface area (Å²) in [5.41, 5.74) is 12.3. The SMILES string of the molecule is C/C=C(/CC1(N)CN(c2ncc(-c3n[nH]c4ccc(C[C@H](C)c5c(Cl)cncc5Cl)cc34)cc2F)C1)C(C)=NC. The molecule has 1 aliphatic heterocycles. The number of nitrogens with two attached hydrogens (primary N) is 1. The summed E-state index contributed by atoms with van der Waals surface area (Å²) in [6.07, 6.45) is 8.32. The predicted molar refractivity (Wildman–Crippen MR) is 162 cm³/mol. The average Bonchev–Trinajstić information content (AvgIpc) is 3.33. The Labute approximate surface area is 243 Å². The van der Waals surface area contributed by atoms with Gasteiger partial charge in [0.2, 0.25) is 0 Å². The number of aliphatic imine (C=N–C) groups is 1. The van der Waals surface area contributed by atoms with Gasteiger partial charge in [0.15, 0.2) is 11.6 Å². The standard InChI is InChI=1S/C30H32Cl2FN7/c1-5-20(18(3)35-4)11-30(34)15-40(16-30)29-25(33)10-21(12-37-29)28-22-9-19(6-7-26(22)38-39-28)8-17(2)27-23(31)13-36-14-24(27)32/h5-7,9-10,12-14,17H,8,11,15-16,34H2,1-4H3,(H,38,39)/b20-5-,35-18?/t17-/m0/s1. The van der Waals surface area contributed by atoms with Gasteiger partial charge >= 0.3 is 0 Å². The zero-order valence-corrected chi connectivity index (χ0v) is 24.5. The Morgan fingerprint density at radius 1 is 1.23 bits per heavy atom. The lowest BCUT2D eigenvalue weighted by Gasteiger charge is -2.49. The fourth-order valence-corrected chi connectivity index (χ4v) is 6.22. The second kappa shape index (κ2) is 11.3. The van der Waals surface area contributed by atoms with Crippen LogP contribution in [0.5, 0.6) is 0 Å². The van der Waals surface area contributed by atoms with Gasteiger partial charge in [0, 0.05) is 55.4 Å². The van der Waals surface area contributed by atoms with Crippen molar-refractivity contribution in [1.82, 2.24) is 20.2 Å². The number of halogens is 3. The molecule has 0 unspecified atom stereocenters. The Hall–Kier alpha value is -3.33. The molecule has 0 bridgehead atoms. The lowest BCUT2D eigenvalue weighted by molar-refractivity contribution is 0.327. The monoisotopic (exact) mass is 579 g/mol. The highest BCUT2D eigenvalue weighted by atomic mass is 35.5. The van der Waals surface area contributed by atoms with Gasteiger partial charge in [-0.05, 0) is 67.5 Å². The summed E-state index contributed by atoms with van der Waals surface area (Å²) in [7, 11) is 1.77. The van der Waals surface area contributed by atoms with E-state index < -0.39 is 11.4 Å². The van der Waals surface area contributed by atoms with Crippen molar-refractivity contribution in [3.8, 4) is 11.3 Å². The summed E-state index contributed by atoms with van der Waals surface area (Å²) in [5.74, 6) is -0.0318. The maximum absolute atomic E-state index is 15.3. The molecule has 0 amide bonds. The van der Waals surface area contributed by atoms with Crippen LogP contribution in [0, 0.1) is 5.82 Å². The molecule has 208 valence electrons. The van der Waals surface area contributed by atoms with Crippen molar-refractivity contribution in [3.05, 3.63) is 81.5 Å². The summed E-state index contributed by atoms with van der Waals surface area (Å²) in [6, 6.07) is 7.58. The normalized spacial score (nSPS) is 16.4. The first kappa shape index (κ1) is 28.2. The van der Waals surface area contributed by atoms with Crippen LogP contribution in [-0.4, -0.2) is 51.6 Å². The number of allylic oxidation sites excluding steroid dienone is 1. The molecule has 3 aromatic heterocycles. The van der Waals surface area contributed by atoms with Crippen LogP contribution < -0.4 is 10.6 Å². The molecule has 1 aliphatic rings. The molecule has 40 heavy (non-hydrogen) atoms. The van der Waals surface area contributed by atoms with Gasteiger partial charge in [0.25, 0.3) is 0 Å². The minimum atomic E-state index is -0.447. The van der Waals surface area contributed by atoms with Crippen LogP contribution in [0.15, 0.2) is 59.5 Å². The van der Waals surface area contributed by atoms with Gasteiger partial charge in [-0.3, -0.25) is 15.1 Å². The maximum atomic E-state index is 15.3. The number of H-pyrrole nitrogens is 1. The first-order valence-corrected chi connectivity index (χ1v) is 13.9. The van der Waals surface area contributed by atoms with E-state index in [9.17, 15) is 0 Å². The third kappa shape index (κ3) is 5.48. The quantitative estimate of drug-likeness (QED) is 0.225. The summed E-state index contributed by atoms with van der Waals surface area (Å²) in [4.78, 5) is 14.7. The molecule has 1 aromatic carbocycles. The molecule has 1 atom stereocenters. The molecule has 10 heteroatoms. The van der Waals surface area contributed by atoms with E-state index in [0.717, 1.165) is 33.3 Å². The number of pyridine rings is 2. The lowest BCUT2D eigenvalue weighted by atomic mass is 9.83. The third-order valence-corrected chi connectivity index (χ3v) is 8.25. The van der Waals surface area contributed by atoms with Gasteiger partial charge in [0.05, 0.1) is 21.1 Å². The van der Waals surface area contributed by atoms with Crippen LogP contribution in [0.4, 0.5) is 10.2 Å². The lowest BCUT2D eigenvalue weighted by Crippen LogP contribution is -2.68. The predicted octanol–water partition coefficient (Wildman–Crippen LogP) is 6.76. The van der Waals surface area contributed by atoms with Crippen LogP contribution >= 0.6 is 23.2 Å². The first-order chi connectivity index (χ1) is 19.1. The number of aromatic nitrogens is 4. The summed E-state index contributed by atoms with van der Waals surface area (Å²) < 4.78 is 15.3. The second-order valence-corrected chi connectivity index (χ2v) is 11.4. The Bertz CT molecular complexity index is 1600. The van der Waals surface area contributed by atoms with Gasteiger partial charge in [0.1, 0.15) is 5.69 Å². The minimum Gasteiger partial charge on any atom is -0.350 e. The van der Waals surface area contributed by atoms with Crippen LogP contribution in [-0.2, 0) is 6.42 Å². The zero-order chi connectivity index (χ0) is 28.6. The van der Waals surface area contributed by atoms with E-state index in [1.54, 1.807) is 25.6 Å². The molecule has 5 rings (SSSR count). The molecule has 3 N–H and O–H groups in total. The molecule has 0 radical (unpaired) electrons. The molecule has 0 aliphatic carbocycles. The number of rotatable bonds is 8. The highest BCUT2D eigenvalue weighted by Crippen LogP contribution is 2.36. The van der Waals surface area contributed by atoms with Crippen LogP contribution in [0.1, 0.15) is 44.2 Å². The van der Waals surface area contributed by atoms with E-state index in [1.165, 1.54) is 6.07 Å². The second-order valence-electron chi connectivity index (χ2n) is 10.6. The van der Waals surface area contributed by atoms with Crippen LogP contribution in [0.25, 0.3) is 22.2 Å². The fraction of sp³-hybridized carbons (Fsp3) is 0.333. The minimum absolute atomic E-state index is 0.0717. The summed E-state index contributed by atoms with van der Waals surface area (Å²) >= 11 is 12.8. The van der Waals surface area contributed by atoms with Gasteiger partial charge in [-0.15, -0.1) is 0 Å². The van der Waals surface area contributed by atoms with E-state index in [-0.39, 0.29) is 5.92 Å². The van der Waals surface area contributed by atoms with Gasteiger partial charge in [-0.25, -0.2) is 9.37 Å². The Morgan fingerprint density at radius 2 is 1.95 bits per heavy atom. The van der Waals surface area contributed by atoms with E-state index in [4.69, 9.17) is 28.9 Å². The van der Waals surface area contributed by atoms with E-state index >= 15 is 4.39 Å². The molecular formula is C30H32Cl2FN7. The number of hydrogen-bond donors (Lipinski definition) is 2. The Morgan fingerprint density at radius 3 is 2.60 bits per heavy atom. The van der Waals surface area contributed by atoms with Crippen molar-refractivity contribution in [1.29, 1.82) is 0 Å². The third-order valence-electron chi connectivity index (χ3n) is 7.65. The smallest absolute Gasteiger partial charge is 0.166 e. The molecule has 4 heterocycles. The van der Waals surface area contributed by atoms with Crippen molar-refractivity contribution >= 4 is 45.6 Å². The number of nitrogens with zero attached hydrogens (tertiary/aromatic N) is 5. The molecule has 0 spiro atoms. The summed E-state index contributed by atoms with van der Waals surface area (Å²) in [6.45, 7) is 7.07. The maximum Gasteiger partial charge on any atom is 0.166 e. The zero-order valence-electron chi connectivity index (χ0n) is 23.0. The topological polar surface area (TPSA) is 96.1 Å². The number of anilines is 1. The van der Waals surface area contributed by atoms with Crippen molar-refractivity contribution in [2.24, 2.45) is 10.7 Å². The molecular weight excluding hydrogens is 548 g/mol. The molecule has 0 saturated carbocycles.